The van der Waals surface area contributed by atoms with Crippen molar-refractivity contribution in [2.75, 3.05) is 19.6 Å². The monoisotopic (exact) mass is 195 g/mol. The summed E-state index contributed by atoms with van der Waals surface area (Å²) in [5.41, 5.74) is 0. The summed E-state index contributed by atoms with van der Waals surface area (Å²) in [6, 6.07) is -1.03. The number of carboxylic acid groups (broad SMARTS) is 1. The average Bonchev–Trinajstić information content (AvgIpc) is 2.03. The second kappa shape index (κ2) is 5.79. The Morgan fingerprint density at radius 2 is 2.25 bits per heavy atom. The highest BCUT2D eigenvalue weighted by molar-refractivity contribution is 6.27. The quantitative estimate of drug-likeness (QED) is 0.577. The number of nitrogens with one attached hydrogen (secondary N) is 1. The van der Waals surface area contributed by atoms with Crippen molar-refractivity contribution in [3.63, 3.8) is 0 Å². The summed E-state index contributed by atoms with van der Waals surface area (Å²) in [6.07, 6.45) is 0. The van der Waals surface area contributed by atoms with E-state index in [0.717, 1.165) is 0 Å². The normalized spacial score (nSPS) is 12.2. The maximum Gasteiger partial charge on any atom is 0.328 e. The molecule has 1 amide bonds. The zero-order valence-electron chi connectivity index (χ0n) is 6.54. The average molecular weight is 196 g/mol. The molecule has 2 N–H and O–H groups in total. The van der Waals surface area contributed by atoms with Gasteiger partial charge in [0.25, 0.3) is 0 Å². The molecular weight excluding hydrogens is 186 g/mol. The van der Waals surface area contributed by atoms with Gasteiger partial charge in [0.2, 0.25) is 5.91 Å². The molecule has 0 aliphatic carbocycles. The predicted octanol–water partition coefficient (Wildman–Crippen LogP) is -0.559. The van der Waals surface area contributed by atoms with Crippen LogP contribution >= 0.6 is 11.6 Å². The van der Waals surface area contributed by atoms with Crippen molar-refractivity contribution in [2.45, 2.75) is 6.04 Å². The molecule has 0 unspecified atom stereocenters. The molecule has 0 bridgehead atoms. The number of rotatable bonds is 5. The number of alkyl halides is 1. The Labute approximate surface area is 74.6 Å². The van der Waals surface area contributed by atoms with Crippen LogP contribution in [-0.2, 0) is 14.3 Å². The van der Waals surface area contributed by atoms with Crippen molar-refractivity contribution in [2.24, 2.45) is 0 Å². The van der Waals surface area contributed by atoms with E-state index in [-0.39, 0.29) is 12.5 Å². The lowest BCUT2D eigenvalue weighted by Gasteiger charge is -2.11. The van der Waals surface area contributed by atoms with Crippen LogP contribution in [0.3, 0.4) is 0 Å². The zero-order valence-corrected chi connectivity index (χ0v) is 7.30. The third-order valence-corrected chi connectivity index (χ3v) is 1.33. The van der Waals surface area contributed by atoms with Gasteiger partial charge in [0.1, 0.15) is 5.88 Å². The van der Waals surface area contributed by atoms with Gasteiger partial charge >= 0.3 is 5.97 Å². The number of methoxy groups -OCH3 is 1. The molecule has 5 nitrogen and oxygen atoms in total. The molecule has 1 atom stereocenters. The summed E-state index contributed by atoms with van der Waals surface area (Å²) in [4.78, 5) is 21.0. The maximum absolute atomic E-state index is 10.6. The molecule has 0 fully saturated rings. The summed E-state index contributed by atoms with van der Waals surface area (Å²) in [5, 5.41) is 10.7. The molecule has 12 heavy (non-hydrogen) atoms. The molecule has 0 heterocycles. The molecule has 0 radical (unpaired) electrons. The first kappa shape index (κ1) is 11.2. The fourth-order valence-corrected chi connectivity index (χ4v) is 0.651. The predicted molar refractivity (Wildman–Crippen MR) is 42.2 cm³/mol. The fraction of sp³-hybridized carbons (Fsp3) is 0.667. The third kappa shape index (κ3) is 4.15. The van der Waals surface area contributed by atoms with Crippen LogP contribution in [0.25, 0.3) is 0 Å². The Morgan fingerprint density at radius 3 is 2.58 bits per heavy atom. The number of halogens is 1. The van der Waals surface area contributed by atoms with Gasteiger partial charge in [-0.05, 0) is 0 Å². The maximum atomic E-state index is 10.6. The van der Waals surface area contributed by atoms with Gasteiger partial charge in [0, 0.05) is 7.11 Å². The lowest BCUT2D eigenvalue weighted by atomic mass is 10.3. The van der Waals surface area contributed by atoms with Crippen LogP contribution in [0, 0.1) is 0 Å². The summed E-state index contributed by atoms with van der Waals surface area (Å²) >= 11 is 5.16. The lowest BCUT2D eigenvalue weighted by Crippen LogP contribution is -2.44. The molecule has 0 aliphatic rings. The Morgan fingerprint density at radius 1 is 1.67 bits per heavy atom. The minimum atomic E-state index is -1.14. The topological polar surface area (TPSA) is 75.6 Å². The number of carbonyl (C=O) groups is 2. The van der Waals surface area contributed by atoms with Crippen molar-refractivity contribution in [1.29, 1.82) is 0 Å². The fourth-order valence-electron chi connectivity index (χ4n) is 0.574. The molecule has 0 saturated carbocycles. The van der Waals surface area contributed by atoms with E-state index < -0.39 is 17.9 Å². The Bertz CT molecular complexity index is 171. The van der Waals surface area contributed by atoms with E-state index in [1.807, 2.05) is 0 Å². The van der Waals surface area contributed by atoms with Gasteiger partial charge in [0.05, 0.1) is 6.61 Å². The molecule has 6 heteroatoms. The zero-order chi connectivity index (χ0) is 9.56. The van der Waals surface area contributed by atoms with Crippen molar-refractivity contribution in [1.82, 2.24) is 5.32 Å². The van der Waals surface area contributed by atoms with Gasteiger partial charge in [-0.2, -0.15) is 0 Å². The molecule has 0 aromatic rings. The summed E-state index contributed by atoms with van der Waals surface area (Å²) in [5.74, 6) is -1.93. The SMILES string of the molecule is COC[C@@H](NC(=O)CCl)C(=O)O. The van der Waals surface area contributed by atoms with E-state index in [2.05, 4.69) is 10.1 Å². The van der Waals surface area contributed by atoms with E-state index >= 15 is 0 Å². The number of hydrogen-bond donors (Lipinski definition) is 2. The molecule has 0 aromatic heterocycles. The first-order chi connectivity index (χ1) is 5.61. The summed E-state index contributed by atoms with van der Waals surface area (Å²) < 4.78 is 4.57. The third-order valence-electron chi connectivity index (χ3n) is 1.09. The molecule has 0 saturated heterocycles. The van der Waals surface area contributed by atoms with E-state index in [1.165, 1.54) is 7.11 Å². The van der Waals surface area contributed by atoms with E-state index in [4.69, 9.17) is 16.7 Å². The Hall–Kier alpha value is -0.810. The van der Waals surface area contributed by atoms with Gasteiger partial charge in [-0.1, -0.05) is 0 Å². The highest BCUT2D eigenvalue weighted by Gasteiger charge is 2.18. The largest absolute Gasteiger partial charge is 0.480 e. The van der Waals surface area contributed by atoms with Crippen LogP contribution in [0.1, 0.15) is 0 Å². The second-order valence-corrected chi connectivity index (χ2v) is 2.31. The van der Waals surface area contributed by atoms with Crippen LogP contribution < -0.4 is 5.32 Å². The summed E-state index contributed by atoms with van der Waals surface area (Å²) in [6.45, 7) is -0.0715. The highest BCUT2D eigenvalue weighted by atomic mass is 35.5. The Kier molecular flexibility index (Phi) is 5.40. The molecule has 0 spiro atoms. The van der Waals surface area contributed by atoms with Crippen molar-refractivity contribution in [3.8, 4) is 0 Å². The van der Waals surface area contributed by atoms with Crippen LogP contribution in [0.5, 0.6) is 0 Å². The number of carbonyl (C=O) groups excluding carboxylic acids is 1. The van der Waals surface area contributed by atoms with E-state index in [1.54, 1.807) is 0 Å². The van der Waals surface area contributed by atoms with E-state index in [9.17, 15) is 9.59 Å². The summed E-state index contributed by atoms with van der Waals surface area (Å²) in [7, 11) is 1.35. The molecule has 0 rings (SSSR count). The van der Waals surface area contributed by atoms with Crippen molar-refractivity contribution >= 4 is 23.5 Å². The van der Waals surface area contributed by atoms with Gasteiger partial charge in [-0.3, -0.25) is 4.79 Å². The van der Waals surface area contributed by atoms with Crippen molar-refractivity contribution in [3.05, 3.63) is 0 Å². The molecular formula is C6H10ClNO4. The number of amides is 1. The first-order valence-electron chi connectivity index (χ1n) is 3.19. The van der Waals surface area contributed by atoms with Crippen molar-refractivity contribution < 1.29 is 19.4 Å². The number of aliphatic carboxylic acids is 1. The van der Waals surface area contributed by atoms with E-state index in [0.29, 0.717) is 0 Å². The lowest BCUT2D eigenvalue weighted by molar-refractivity contribution is -0.142. The molecule has 0 aliphatic heterocycles. The van der Waals surface area contributed by atoms with Crippen LogP contribution in [0.15, 0.2) is 0 Å². The standard InChI is InChI=1S/C6H10ClNO4/c1-12-3-4(6(10)11)8-5(9)2-7/h4H,2-3H2,1H3,(H,8,9)(H,10,11)/t4-/m1/s1. The van der Waals surface area contributed by atoms with Crippen LogP contribution in [0.2, 0.25) is 0 Å². The molecule has 0 aromatic carbocycles. The first-order valence-corrected chi connectivity index (χ1v) is 3.72. The van der Waals surface area contributed by atoms with Crippen LogP contribution in [0.4, 0.5) is 0 Å². The minimum Gasteiger partial charge on any atom is -0.480 e. The highest BCUT2D eigenvalue weighted by Crippen LogP contribution is 1.86. The Balaban J connectivity index is 3.95. The molecule has 70 valence electrons. The minimum absolute atomic E-state index is 0.0715. The van der Waals surface area contributed by atoms with Gasteiger partial charge in [-0.25, -0.2) is 4.79 Å². The number of carboxylic acids is 1. The van der Waals surface area contributed by atoms with Gasteiger partial charge in [0.15, 0.2) is 6.04 Å². The smallest absolute Gasteiger partial charge is 0.328 e. The van der Waals surface area contributed by atoms with Gasteiger partial charge < -0.3 is 15.2 Å². The van der Waals surface area contributed by atoms with Crippen LogP contribution in [-0.4, -0.2) is 42.6 Å². The van der Waals surface area contributed by atoms with Gasteiger partial charge in [-0.15, -0.1) is 11.6 Å². The number of hydrogen-bond acceptors (Lipinski definition) is 3. The number of ether oxygens (including phenoxy) is 1. The second-order valence-electron chi connectivity index (χ2n) is 2.05.